The second kappa shape index (κ2) is 6.09. The van der Waals surface area contributed by atoms with Crippen LogP contribution in [0.25, 0.3) is 0 Å². The highest BCUT2D eigenvalue weighted by molar-refractivity contribution is 9.09. The van der Waals surface area contributed by atoms with Crippen LogP contribution in [0.1, 0.15) is 32.4 Å². The van der Waals surface area contributed by atoms with E-state index in [2.05, 4.69) is 28.2 Å². The lowest BCUT2D eigenvalue weighted by Crippen LogP contribution is -2.47. The van der Waals surface area contributed by atoms with Crippen molar-refractivity contribution in [2.75, 3.05) is 5.33 Å². The smallest absolute Gasteiger partial charge is 0.220 e. The second-order valence-corrected chi connectivity index (χ2v) is 4.74. The molecule has 4 heteroatoms. The maximum Gasteiger partial charge on any atom is 0.220 e. The Kier molecular flexibility index (Phi) is 5.06. The molecule has 0 aromatic carbocycles. The van der Waals surface area contributed by atoms with Crippen molar-refractivity contribution in [3.05, 3.63) is 24.2 Å². The minimum Gasteiger partial charge on any atom is -0.469 e. The highest BCUT2D eigenvalue weighted by atomic mass is 79.9. The molecule has 0 fully saturated rings. The molecule has 16 heavy (non-hydrogen) atoms. The number of hydrogen-bond donors (Lipinski definition) is 1. The summed E-state index contributed by atoms with van der Waals surface area (Å²) in [5.74, 6) is 0.924. The van der Waals surface area contributed by atoms with Crippen LogP contribution in [0, 0.1) is 0 Å². The minimum atomic E-state index is -0.153. The fourth-order valence-electron chi connectivity index (χ4n) is 1.31. The predicted octanol–water partition coefficient (Wildman–Crippen LogP) is 2.89. The van der Waals surface area contributed by atoms with Gasteiger partial charge in [-0.2, -0.15) is 0 Å². The maximum atomic E-state index is 11.7. The van der Waals surface area contributed by atoms with Crippen LogP contribution in [0.2, 0.25) is 0 Å². The summed E-state index contributed by atoms with van der Waals surface area (Å²) in [5.41, 5.74) is -0.153. The topological polar surface area (TPSA) is 42.2 Å². The number of hydrogen-bond acceptors (Lipinski definition) is 2. The summed E-state index contributed by atoms with van der Waals surface area (Å²) in [4.78, 5) is 11.7. The monoisotopic (exact) mass is 287 g/mol. The SMILES string of the molecule is CCC(C)(CBr)NC(=O)CCc1ccco1. The Labute approximate surface area is 105 Å². The Bertz CT molecular complexity index is 318. The van der Waals surface area contributed by atoms with Crippen molar-refractivity contribution in [1.82, 2.24) is 5.32 Å². The van der Waals surface area contributed by atoms with Crippen LogP contribution in [-0.2, 0) is 11.2 Å². The van der Waals surface area contributed by atoms with E-state index in [0.29, 0.717) is 12.8 Å². The first-order valence-electron chi connectivity index (χ1n) is 5.49. The minimum absolute atomic E-state index is 0.0696. The van der Waals surface area contributed by atoms with Crippen LogP contribution < -0.4 is 5.32 Å². The van der Waals surface area contributed by atoms with Gasteiger partial charge in [0.2, 0.25) is 5.91 Å². The number of aryl methyl sites for hydroxylation is 1. The lowest BCUT2D eigenvalue weighted by atomic mass is 10.0. The highest BCUT2D eigenvalue weighted by Gasteiger charge is 2.22. The molecule has 1 aromatic heterocycles. The summed E-state index contributed by atoms with van der Waals surface area (Å²) in [6.45, 7) is 4.10. The Morgan fingerprint density at radius 3 is 2.88 bits per heavy atom. The average molecular weight is 288 g/mol. The van der Waals surface area contributed by atoms with Gasteiger partial charge in [-0.1, -0.05) is 22.9 Å². The summed E-state index contributed by atoms with van der Waals surface area (Å²) in [6, 6.07) is 3.72. The Morgan fingerprint density at radius 1 is 1.62 bits per heavy atom. The van der Waals surface area contributed by atoms with Crippen LogP contribution in [0.4, 0.5) is 0 Å². The molecule has 0 aliphatic heterocycles. The number of carbonyl (C=O) groups is 1. The molecule has 0 bridgehead atoms. The van der Waals surface area contributed by atoms with Gasteiger partial charge < -0.3 is 9.73 Å². The largest absolute Gasteiger partial charge is 0.469 e. The lowest BCUT2D eigenvalue weighted by Gasteiger charge is -2.27. The quantitative estimate of drug-likeness (QED) is 0.818. The molecule has 0 radical (unpaired) electrons. The van der Waals surface area contributed by atoms with Crippen LogP contribution in [0.15, 0.2) is 22.8 Å². The molecule has 0 spiro atoms. The normalized spacial score (nSPS) is 14.4. The van der Waals surface area contributed by atoms with Crippen molar-refractivity contribution >= 4 is 21.8 Å². The van der Waals surface area contributed by atoms with E-state index in [1.54, 1.807) is 6.26 Å². The Hall–Kier alpha value is -0.770. The molecule has 0 aliphatic carbocycles. The lowest BCUT2D eigenvalue weighted by molar-refractivity contribution is -0.122. The van der Waals surface area contributed by atoms with Crippen molar-refractivity contribution in [1.29, 1.82) is 0 Å². The fraction of sp³-hybridized carbons (Fsp3) is 0.583. The summed E-state index contributed by atoms with van der Waals surface area (Å²) >= 11 is 3.42. The third kappa shape index (κ3) is 4.00. The molecule has 1 atom stereocenters. The van der Waals surface area contributed by atoms with Crippen molar-refractivity contribution in [2.45, 2.75) is 38.6 Å². The van der Waals surface area contributed by atoms with Crippen molar-refractivity contribution in [3.8, 4) is 0 Å². The zero-order valence-corrected chi connectivity index (χ0v) is 11.3. The van der Waals surface area contributed by atoms with Gasteiger partial charge in [-0.3, -0.25) is 4.79 Å². The van der Waals surface area contributed by atoms with Crippen LogP contribution in [0.3, 0.4) is 0 Å². The third-order valence-corrected chi connectivity index (χ3v) is 3.93. The van der Waals surface area contributed by atoms with Gasteiger partial charge in [-0.15, -0.1) is 0 Å². The standard InChI is InChI=1S/C12H18BrNO2/c1-3-12(2,9-13)14-11(15)7-6-10-5-4-8-16-10/h4-5,8H,3,6-7,9H2,1-2H3,(H,14,15). The molecule has 1 heterocycles. The number of halogens is 1. The first-order chi connectivity index (χ1) is 7.59. The van der Waals surface area contributed by atoms with Crippen molar-refractivity contribution < 1.29 is 9.21 Å². The number of furan rings is 1. The summed E-state index contributed by atoms with van der Waals surface area (Å²) in [7, 11) is 0. The number of nitrogens with one attached hydrogen (secondary N) is 1. The number of amides is 1. The zero-order valence-electron chi connectivity index (χ0n) is 9.75. The molecule has 1 rings (SSSR count). The maximum absolute atomic E-state index is 11.7. The van der Waals surface area contributed by atoms with Gasteiger partial charge in [0, 0.05) is 23.7 Å². The molecular weight excluding hydrogens is 270 g/mol. The van der Waals surface area contributed by atoms with Gasteiger partial charge in [0.1, 0.15) is 5.76 Å². The third-order valence-electron chi connectivity index (χ3n) is 2.70. The molecule has 1 N–H and O–H groups in total. The van der Waals surface area contributed by atoms with E-state index in [4.69, 9.17) is 4.42 Å². The van der Waals surface area contributed by atoms with Gasteiger partial charge in [-0.25, -0.2) is 0 Å². The van der Waals surface area contributed by atoms with Crippen molar-refractivity contribution in [3.63, 3.8) is 0 Å². The molecule has 0 saturated carbocycles. The second-order valence-electron chi connectivity index (χ2n) is 4.18. The van der Waals surface area contributed by atoms with Gasteiger partial charge in [0.05, 0.1) is 6.26 Å². The van der Waals surface area contributed by atoms with E-state index in [0.717, 1.165) is 17.5 Å². The van der Waals surface area contributed by atoms with E-state index in [9.17, 15) is 4.79 Å². The number of carbonyl (C=O) groups excluding carboxylic acids is 1. The Balaban J connectivity index is 2.36. The van der Waals surface area contributed by atoms with Gasteiger partial charge in [0.15, 0.2) is 0 Å². The van der Waals surface area contributed by atoms with Gasteiger partial charge in [-0.05, 0) is 25.5 Å². The number of alkyl halides is 1. The average Bonchev–Trinajstić information content (AvgIpc) is 2.79. The molecule has 1 amide bonds. The van der Waals surface area contributed by atoms with Crippen LogP contribution in [-0.4, -0.2) is 16.8 Å². The highest BCUT2D eigenvalue weighted by Crippen LogP contribution is 2.13. The molecule has 1 aromatic rings. The number of rotatable bonds is 6. The predicted molar refractivity (Wildman–Crippen MR) is 67.7 cm³/mol. The molecule has 3 nitrogen and oxygen atoms in total. The van der Waals surface area contributed by atoms with E-state index in [1.165, 1.54) is 0 Å². The van der Waals surface area contributed by atoms with Crippen LogP contribution >= 0.6 is 15.9 Å². The molecule has 1 unspecified atom stereocenters. The first kappa shape index (κ1) is 13.3. The van der Waals surface area contributed by atoms with Gasteiger partial charge in [0.25, 0.3) is 0 Å². The van der Waals surface area contributed by atoms with Crippen LogP contribution in [0.5, 0.6) is 0 Å². The van der Waals surface area contributed by atoms with E-state index in [1.807, 2.05) is 19.1 Å². The molecule has 0 saturated heterocycles. The van der Waals surface area contributed by atoms with E-state index < -0.39 is 0 Å². The Morgan fingerprint density at radius 2 is 2.38 bits per heavy atom. The van der Waals surface area contributed by atoms with Gasteiger partial charge >= 0.3 is 0 Å². The summed E-state index contributed by atoms with van der Waals surface area (Å²) in [6.07, 6.45) is 3.66. The molecular formula is C12H18BrNO2. The zero-order chi connectivity index (χ0) is 12.0. The first-order valence-corrected chi connectivity index (χ1v) is 6.61. The fourth-order valence-corrected chi connectivity index (χ4v) is 1.84. The van der Waals surface area contributed by atoms with E-state index >= 15 is 0 Å². The molecule has 0 aliphatic rings. The summed E-state index contributed by atoms with van der Waals surface area (Å²) in [5, 5.41) is 3.79. The molecule has 90 valence electrons. The summed E-state index contributed by atoms with van der Waals surface area (Å²) < 4.78 is 5.18. The van der Waals surface area contributed by atoms with E-state index in [-0.39, 0.29) is 11.4 Å². The van der Waals surface area contributed by atoms with Crippen molar-refractivity contribution in [2.24, 2.45) is 0 Å².